The monoisotopic (exact) mass is 225 g/mol. The fourth-order valence-electron chi connectivity index (χ4n) is 2.15. The Morgan fingerprint density at radius 2 is 2.27 bits per heavy atom. The highest BCUT2D eigenvalue weighted by atomic mass is 32.1. The van der Waals surface area contributed by atoms with Crippen LogP contribution in [0.1, 0.15) is 34.6 Å². The minimum absolute atomic E-state index is 0.132. The Bertz CT molecular complexity index is 315. The molecule has 0 spiro atoms. The van der Waals surface area contributed by atoms with Gasteiger partial charge >= 0.3 is 0 Å². The average Bonchev–Trinajstić information content (AvgIpc) is 2.72. The molecule has 15 heavy (non-hydrogen) atoms. The molecule has 2 unspecified atom stereocenters. The molecular weight excluding hydrogens is 206 g/mol. The number of aryl methyl sites for hydroxylation is 2. The summed E-state index contributed by atoms with van der Waals surface area (Å²) < 4.78 is 0. The third-order valence-corrected chi connectivity index (χ3v) is 4.39. The van der Waals surface area contributed by atoms with Gasteiger partial charge in [0.25, 0.3) is 0 Å². The molecule has 1 aromatic rings. The van der Waals surface area contributed by atoms with Crippen LogP contribution in [0.2, 0.25) is 0 Å². The number of aliphatic hydroxyl groups excluding tert-OH is 1. The molecule has 0 aliphatic heterocycles. The molecule has 1 fully saturated rings. The maximum atomic E-state index is 9.67. The van der Waals surface area contributed by atoms with E-state index in [1.807, 2.05) is 11.3 Å². The normalized spacial score (nSPS) is 26.1. The van der Waals surface area contributed by atoms with Crippen molar-refractivity contribution in [3.8, 4) is 0 Å². The van der Waals surface area contributed by atoms with Crippen LogP contribution in [0.25, 0.3) is 0 Å². The summed E-state index contributed by atoms with van der Waals surface area (Å²) in [5, 5.41) is 13.1. The fourth-order valence-corrected chi connectivity index (χ4v) is 3.15. The lowest BCUT2D eigenvalue weighted by Crippen LogP contribution is -2.34. The van der Waals surface area contributed by atoms with E-state index in [-0.39, 0.29) is 6.10 Å². The van der Waals surface area contributed by atoms with Crippen molar-refractivity contribution in [2.24, 2.45) is 0 Å². The lowest BCUT2D eigenvalue weighted by Gasteiger charge is -2.15. The molecule has 2 atom stereocenters. The highest BCUT2D eigenvalue weighted by Gasteiger charge is 2.24. The van der Waals surface area contributed by atoms with Crippen molar-refractivity contribution in [1.29, 1.82) is 0 Å². The van der Waals surface area contributed by atoms with Crippen LogP contribution in [0.4, 0.5) is 0 Å². The van der Waals surface area contributed by atoms with Gasteiger partial charge in [0.15, 0.2) is 0 Å². The fraction of sp³-hybridized carbons (Fsp3) is 0.667. The Hall–Kier alpha value is -0.380. The van der Waals surface area contributed by atoms with Crippen molar-refractivity contribution in [2.75, 3.05) is 0 Å². The van der Waals surface area contributed by atoms with Gasteiger partial charge in [-0.05, 0) is 44.7 Å². The molecule has 2 nitrogen and oxygen atoms in total. The van der Waals surface area contributed by atoms with Gasteiger partial charge in [-0.1, -0.05) is 0 Å². The number of aliphatic hydroxyl groups is 1. The largest absolute Gasteiger partial charge is 0.392 e. The molecule has 1 heterocycles. The van der Waals surface area contributed by atoms with Gasteiger partial charge in [0.1, 0.15) is 0 Å². The summed E-state index contributed by atoms with van der Waals surface area (Å²) in [7, 11) is 0. The average molecular weight is 225 g/mol. The SMILES string of the molecule is Cc1cc(CNC2CCCC2O)sc1C. The van der Waals surface area contributed by atoms with Crippen molar-refractivity contribution in [3.63, 3.8) is 0 Å². The minimum atomic E-state index is -0.132. The van der Waals surface area contributed by atoms with Gasteiger partial charge in [0.05, 0.1) is 6.10 Å². The second-order valence-corrected chi connectivity index (χ2v) is 5.78. The zero-order valence-electron chi connectivity index (χ0n) is 9.42. The molecule has 3 heteroatoms. The zero-order valence-corrected chi connectivity index (χ0v) is 10.2. The predicted molar refractivity (Wildman–Crippen MR) is 64.3 cm³/mol. The molecule has 2 rings (SSSR count). The first-order valence-electron chi connectivity index (χ1n) is 5.64. The molecule has 0 amide bonds. The van der Waals surface area contributed by atoms with Crippen LogP contribution < -0.4 is 5.32 Å². The van der Waals surface area contributed by atoms with Gasteiger partial charge in [0.2, 0.25) is 0 Å². The van der Waals surface area contributed by atoms with Gasteiger partial charge in [-0.25, -0.2) is 0 Å². The maximum absolute atomic E-state index is 9.67. The second-order valence-electron chi connectivity index (χ2n) is 4.44. The summed E-state index contributed by atoms with van der Waals surface area (Å²) >= 11 is 1.85. The van der Waals surface area contributed by atoms with Crippen molar-refractivity contribution < 1.29 is 5.11 Å². The van der Waals surface area contributed by atoms with E-state index < -0.39 is 0 Å². The quantitative estimate of drug-likeness (QED) is 0.827. The van der Waals surface area contributed by atoms with E-state index in [1.54, 1.807) is 0 Å². The summed E-state index contributed by atoms with van der Waals surface area (Å²) in [5.74, 6) is 0. The molecule has 1 aliphatic rings. The Kier molecular flexibility index (Phi) is 3.44. The maximum Gasteiger partial charge on any atom is 0.0693 e. The van der Waals surface area contributed by atoms with E-state index in [4.69, 9.17) is 0 Å². The Morgan fingerprint density at radius 3 is 2.80 bits per heavy atom. The van der Waals surface area contributed by atoms with Gasteiger partial charge in [-0.15, -0.1) is 11.3 Å². The summed E-state index contributed by atoms with van der Waals surface area (Å²) in [5.41, 5.74) is 1.38. The number of thiophene rings is 1. The number of hydrogen-bond acceptors (Lipinski definition) is 3. The number of hydrogen-bond donors (Lipinski definition) is 2. The molecule has 0 bridgehead atoms. The molecule has 1 aliphatic carbocycles. The van der Waals surface area contributed by atoms with E-state index in [9.17, 15) is 5.11 Å². The highest BCUT2D eigenvalue weighted by Crippen LogP contribution is 2.22. The topological polar surface area (TPSA) is 32.3 Å². The molecule has 1 aromatic heterocycles. The second kappa shape index (κ2) is 4.64. The Labute approximate surface area is 95.3 Å². The lowest BCUT2D eigenvalue weighted by atomic mass is 10.2. The Morgan fingerprint density at radius 1 is 1.47 bits per heavy atom. The molecule has 1 saturated carbocycles. The molecule has 0 saturated heterocycles. The first-order chi connectivity index (χ1) is 7.16. The van der Waals surface area contributed by atoms with Gasteiger partial charge in [-0.3, -0.25) is 0 Å². The summed E-state index contributed by atoms with van der Waals surface area (Å²) in [6.45, 7) is 5.22. The van der Waals surface area contributed by atoms with E-state index in [0.29, 0.717) is 6.04 Å². The van der Waals surface area contributed by atoms with Crippen molar-refractivity contribution in [1.82, 2.24) is 5.32 Å². The molecule has 0 aromatic carbocycles. The highest BCUT2D eigenvalue weighted by molar-refractivity contribution is 7.12. The Balaban J connectivity index is 1.87. The minimum Gasteiger partial charge on any atom is -0.392 e. The van der Waals surface area contributed by atoms with Crippen LogP contribution in [0, 0.1) is 13.8 Å². The van der Waals surface area contributed by atoms with Crippen LogP contribution in [0.3, 0.4) is 0 Å². The van der Waals surface area contributed by atoms with Crippen molar-refractivity contribution in [2.45, 2.75) is 51.8 Å². The molecular formula is C12H19NOS. The van der Waals surface area contributed by atoms with E-state index >= 15 is 0 Å². The molecule has 2 N–H and O–H groups in total. The summed E-state index contributed by atoms with van der Waals surface area (Å²) in [6, 6.07) is 2.56. The number of nitrogens with one attached hydrogen (secondary N) is 1. The van der Waals surface area contributed by atoms with E-state index in [1.165, 1.54) is 15.3 Å². The third kappa shape index (κ3) is 2.60. The van der Waals surface area contributed by atoms with Crippen LogP contribution in [-0.4, -0.2) is 17.3 Å². The number of rotatable bonds is 3. The van der Waals surface area contributed by atoms with Crippen molar-refractivity contribution in [3.05, 3.63) is 21.4 Å². The standard InChI is InChI=1S/C12H19NOS/c1-8-6-10(15-9(8)2)7-13-11-4-3-5-12(11)14/h6,11-14H,3-5,7H2,1-2H3. The van der Waals surface area contributed by atoms with Crippen molar-refractivity contribution >= 4 is 11.3 Å². The first kappa shape index (κ1) is 11.1. The zero-order chi connectivity index (χ0) is 10.8. The van der Waals surface area contributed by atoms with Crippen LogP contribution in [-0.2, 0) is 6.54 Å². The third-order valence-electron chi connectivity index (χ3n) is 3.23. The summed E-state index contributed by atoms with van der Waals surface area (Å²) in [6.07, 6.45) is 3.10. The lowest BCUT2D eigenvalue weighted by molar-refractivity contribution is 0.149. The van der Waals surface area contributed by atoms with Crippen LogP contribution in [0.5, 0.6) is 0 Å². The predicted octanol–water partition coefficient (Wildman–Crippen LogP) is 2.37. The molecule has 84 valence electrons. The van der Waals surface area contributed by atoms with E-state index in [0.717, 1.165) is 25.8 Å². The van der Waals surface area contributed by atoms with Gasteiger partial charge in [-0.2, -0.15) is 0 Å². The van der Waals surface area contributed by atoms with Crippen LogP contribution >= 0.6 is 11.3 Å². The van der Waals surface area contributed by atoms with Crippen LogP contribution in [0.15, 0.2) is 6.07 Å². The smallest absolute Gasteiger partial charge is 0.0693 e. The van der Waals surface area contributed by atoms with Gasteiger partial charge in [0, 0.05) is 22.3 Å². The van der Waals surface area contributed by atoms with E-state index in [2.05, 4.69) is 25.2 Å². The first-order valence-corrected chi connectivity index (χ1v) is 6.46. The summed E-state index contributed by atoms with van der Waals surface area (Å²) in [4.78, 5) is 2.78. The van der Waals surface area contributed by atoms with Gasteiger partial charge < -0.3 is 10.4 Å². The molecule has 0 radical (unpaired) electrons.